The molecule has 0 amide bonds. The molecular weight excluding hydrogens is 305 g/mol. The molecule has 22 heavy (non-hydrogen) atoms. The van der Waals surface area contributed by atoms with Crippen LogP contribution in [0.25, 0.3) is 0 Å². The van der Waals surface area contributed by atoms with Crippen molar-refractivity contribution in [3.8, 4) is 0 Å². The number of aliphatic hydroxyl groups is 1. The summed E-state index contributed by atoms with van der Waals surface area (Å²) < 4.78 is 38.8. The molecule has 0 aliphatic heterocycles. The van der Waals surface area contributed by atoms with Crippen molar-refractivity contribution in [1.29, 1.82) is 0 Å². The lowest BCUT2D eigenvalue weighted by Gasteiger charge is -2.21. The van der Waals surface area contributed by atoms with Crippen LogP contribution in [0.5, 0.6) is 0 Å². The monoisotopic (exact) mass is 329 g/mol. The Kier molecular flexibility index (Phi) is 5.94. The topological polar surface area (TPSA) is 80.4 Å². The molecule has 0 saturated heterocycles. The molecule has 4 nitrogen and oxygen atoms in total. The van der Waals surface area contributed by atoms with E-state index in [0.29, 0.717) is 0 Å². The number of sulfone groups is 1. The van der Waals surface area contributed by atoms with Gasteiger partial charge in [0.05, 0.1) is 16.8 Å². The number of nitrogens with two attached hydrogens (primary N) is 1. The van der Waals surface area contributed by atoms with Crippen LogP contribution in [0.1, 0.15) is 50.2 Å². The average Bonchev–Trinajstić information content (AvgIpc) is 2.47. The molecule has 124 valence electrons. The molecule has 1 fully saturated rings. The molecule has 1 aliphatic rings. The maximum absolute atomic E-state index is 13.7. The van der Waals surface area contributed by atoms with Gasteiger partial charge in [0.25, 0.3) is 0 Å². The van der Waals surface area contributed by atoms with Crippen molar-refractivity contribution >= 4 is 9.84 Å². The lowest BCUT2D eigenvalue weighted by atomic mass is 9.91. The van der Waals surface area contributed by atoms with E-state index in [9.17, 15) is 17.9 Å². The highest BCUT2D eigenvalue weighted by molar-refractivity contribution is 7.91. The molecule has 6 heteroatoms. The first-order chi connectivity index (χ1) is 10.4. The van der Waals surface area contributed by atoms with Crippen LogP contribution in [0.3, 0.4) is 0 Å². The van der Waals surface area contributed by atoms with Gasteiger partial charge >= 0.3 is 0 Å². The minimum Gasteiger partial charge on any atom is -0.388 e. The zero-order valence-corrected chi connectivity index (χ0v) is 13.5. The van der Waals surface area contributed by atoms with Crippen LogP contribution in [0.15, 0.2) is 23.1 Å². The van der Waals surface area contributed by atoms with Crippen LogP contribution < -0.4 is 5.73 Å². The van der Waals surface area contributed by atoms with Gasteiger partial charge in [-0.2, -0.15) is 0 Å². The van der Waals surface area contributed by atoms with Crippen LogP contribution in [0.2, 0.25) is 0 Å². The second kappa shape index (κ2) is 7.53. The number of aliphatic hydroxyl groups excluding tert-OH is 1. The van der Waals surface area contributed by atoms with E-state index in [1.54, 1.807) is 0 Å². The first-order valence-corrected chi connectivity index (χ1v) is 9.49. The van der Waals surface area contributed by atoms with Crippen LogP contribution in [0.4, 0.5) is 4.39 Å². The van der Waals surface area contributed by atoms with E-state index in [2.05, 4.69) is 0 Å². The molecule has 2 rings (SSSR count). The van der Waals surface area contributed by atoms with Gasteiger partial charge < -0.3 is 10.8 Å². The number of rotatable bonds is 6. The summed E-state index contributed by atoms with van der Waals surface area (Å²) in [5.74, 6) is -0.432. The van der Waals surface area contributed by atoms with E-state index in [1.807, 2.05) is 0 Å². The van der Waals surface area contributed by atoms with Crippen LogP contribution in [0, 0.1) is 11.7 Å². The average molecular weight is 329 g/mol. The van der Waals surface area contributed by atoms with E-state index in [-0.39, 0.29) is 35.1 Å². The number of halogens is 1. The van der Waals surface area contributed by atoms with Gasteiger partial charge in [-0.25, -0.2) is 12.8 Å². The van der Waals surface area contributed by atoms with E-state index in [1.165, 1.54) is 12.1 Å². The molecule has 3 N–H and O–H groups in total. The standard InChI is InChI=1S/C16H24FNO3S/c17-14-8-13(16(19)6-7-18)9-15(10-14)22(20,21)11-12-4-2-1-3-5-12/h8-10,12,16,19H,1-7,11,18H2. The van der Waals surface area contributed by atoms with Gasteiger partial charge in [-0.05, 0) is 55.5 Å². The third kappa shape index (κ3) is 4.51. The summed E-state index contributed by atoms with van der Waals surface area (Å²) in [6, 6.07) is 3.58. The Morgan fingerprint density at radius 1 is 1.23 bits per heavy atom. The molecule has 1 aromatic rings. The molecule has 0 spiro atoms. The molecule has 0 bridgehead atoms. The third-order valence-electron chi connectivity index (χ3n) is 4.26. The van der Waals surface area contributed by atoms with Gasteiger partial charge in [0.2, 0.25) is 0 Å². The Morgan fingerprint density at radius 2 is 1.91 bits per heavy atom. The highest BCUT2D eigenvalue weighted by Gasteiger charge is 2.24. The lowest BCUT2D eigenvalue weighted by Crippen LogP contribution is -2.19. The van der Waals surface area contributed by atoms with Crippen LogP contribution in [-0.4, -0.2) is 25.8 Å². The molecule has 1 saturated carbocycles. The summed E-state index contributed by atoms with van der Waals surface area (Å²) in [6.07, 6.45) is 4.43. The molecule has 1 unspecified atom stereocenters. The van der Waals surface area contributed by atoms with E-state index in [4.69, 9.17) is 5.73 Å². The molecule has 0 heterocycles. The van der Waals surface area contributed by atoms with E-state index >= 15 is 0 Å². The van der Waals surface area contributed by atoms with Crippen molar-refractivity contribution < 1.29 is 17.9 Å². The van der Waals surface area contributed by atoms with E-state index in [0.717, 1.165) is 38.2 Å². The van der Waals surface area contributed by atoms with Gasteiger partial charge in [-0.15, -0.1) is 0 Å². The first kappa shape index (κ1) is 17.4. The van der Waals surface area contributed by atoms with Crippen LogP contribution >= 0.6 is 0 Å². The molecule has 0 radical (unpaired) electrons. The largest absolute Gasteiger partial charge is 0.388 e. The van der Waals surface area contributed by atoms with Gasteiger partial charge in [0.1, 0.15) is 5.82 Å². The van der Waals surface area contributed by atoms with Gasteiger partial charge in [-0.1, -0.05) is 19.3 Å². The fraction of sp³-hybridized carbons (Fsp3) is 0.625. The number of hydrogen-bond donors (Lipinski definition) is 2. The maximum atomic E-state index is 13.7. The zero-order chi connectivity index (χ0) is 16.2. The Bertz CT molecular complexity index is 597. The van der Waals surface area contributed by atoms with Gasteiger partial charge in [0.15, 0.2) is 9.84 Å². The summed E-state index contributed by atoms with van der Waals surface area (Å²) in [6.45, 7) is 0.252. The van der Waals surface area contributed by atoms with Crippen molar-refractivity contribution in [1.82, 2.24) is 0 Å². The Morgan fingerprint density at radius 3 is 2.55 bits per heavy atom. The predicted molar refractivity (Wildman–Crippen MR) is 83.7 cm³/mol. The summed E-state index contributed by atoms with van der Waals surface area (Å²) in [7, 11) is -3.54. The highest BCUT2D eigenvalue weighted by Crippen LogP contribution is 2.28. The second-order valence-corrected chi connectivity index (χ2v) is 8.13. The SMILES string of the molecule is NCCC(O)c1cc(F)cc(S(=O)(=O)CC2CCCCC2)c1. The van der Waals surface area contributed by atoms with E-state index < -0.39 is 21.8 Å². The van der Waals surface area contributed by atoms with Crippen LogP contribution in [-0.2, 0) is 9.84 Å². The summed E-state index contributed by atoms with van der Waals surface area (Å²) in [4.78, 5) is -0.0378. The Balaban J connectivity index is 2.22. The zero-order valence-electron chi connectivity index (χ0n) is 12.7. The van der Waals surface area contributed by atoms with Crippen molar-refractivity contribution in [2.75, 3.05) is 12.3 Å². The van der Waals surface area contributed by atoms with Crippen molar-refractivity contribution in [3.63, 3.8) is 0 Å². The number of benzene rings is 1. The quantitative estimate of drug-likeness (QED) is 0.840. The molecule has 1 aliphatic carbocycles. The summed E-state index contributed by atoms with van der Waals surface area (Å²) in [5, 5.41) is 9.92. The maximum Gasteiger partial charge on any atom is 0.178 e. The highest BCUT2D eigenvalue weighted by atomic mass is 32.2. The molecule has 0 aromatic heterocycles. The van der Waals surface area contributed by atoms with Gasteiger partial charge in [-0.3, -0.25) is 0 Å². The molecule has 1 aromatic carbocycles. The first-order valence-electron chi connectivity index (χ1n) is 7.84. The van der Waals surface area contributed by atoms with Gasteiger partial charge in [0, 0.05) is 0 Å². The normalized spacial score (nSPS) is 18.3. The summed E-state index contributed by atoms with van der Waals surface area (Å²) >= 11 is 0. The molecular formula is C16H24FNO3S. The summed E-state index contributed by atoms with van der Waals surface area (Å²) in [5.41, 5.74) is 5.65. The lowest BCUT2D eigenvalue weighted by molar-refractivity contribution is 0.169. The van der Waals surface area contributed by atoms with Crippen molar-refractivity contribution in [2.24, 2.45) is 11.7 Å². The Hall–Kier alpha value is -0.980. The van der Waals surface area contributed by atoms with Crippen molar-refractivity contribution in [3.05, 3.63) is 29.6 Å². The fourth-order valence-electron chi connectivity index (χ4n) is 3.04. The molecule has 1 atom stereocenters. The Labute approximate surface area is 131 Å². The minimum atomic E-state index is -3.54. The van der Waals surface area contributed by atoms with Crippen molar-refractivity contribution in [2.45, 2.75) is 49.5 Å². The number of hydrogen-bond acceptors (Lipinski definition) is 4. The predicted octanol–water partition coefficient (Wildman–Crippen LogP) is 2.56. The third-order valence-corrected chi connectivity index (χ3v) is 6.12. The fourth-order valence-corrected chi connectivity index (χ4v) is 4.80. The minimum absolute atomic E-state index is 0.0378. The second-order valence-electron chi connectivity index (χ2n) is 6.10. The smallest absolute Gasteiger partial charge is 0.178 e.